The number of rotatable bonds is 8. The number of amides is 2. The van der Waals surface area contributed by atoms with Gasteiger partial charge in [0.05, 0.1) is 17.8 Å². The summed E-state index contributed by atoms with van der Waals surface area (Å²) < 4.78 is 0. The summed E-state index contributed by atoms with van der Waals surface area (Å²) in [5.74, 6) is -0.299. The van der Waals surface area contributed by atoms with Gasteiger partial charge in [-0.25, -0.2) is 0 Å². The molecule has 1 fully saturated rings. The quantitative estimate of drug-likeness (QED) is 0.554. The third-order valence-electron chi connectivity index (χ3n) is 5.53. The molecule has 2 heterocycles. The molecule has 166 valence electrons. The summed E-state index contributed by atoms with van der Waals surface area (Å²) in [7, 11) is 0. The number of nitrogens with one attached hydrogen (secondary N) is 2. The summed E-state index contributed by atoms with van der Waals surface area (Å²) >= 11 is 1.78. The molecule has 6 nitrogen and oxygen atoms in total. The number of hydrogen-bond donors (Lipinski definition) is 2. The third kappa shape index (κ3) is 6.26. The molecule has 0 spiro atoms. The van der Waals surface area contributed by atoms with Crippen molar-refractivity contribution in [2.24, 2.45) is 0 Å². The second kappa shape index (κ2) is 11.0. The number of nitrogens with zero attached hydrogens (tertiary/aromatic N) is 2. The average Bonchev–Trinajstić information content (AvgIpc) is 3.33. The predicted octanol–water partition coefficient (Wildman–Crippen LogP) is 3.43. The maximum atomic E-state index is 12.7. The van der Waals surface area contributed by atoms with Gasteiger partial charge in [0.1, 0.15) is 0 Å². The van der Waals surface area contributed by atoms with Gasteiger partial charge in [-0.2, -0.15) is 0 Å². The number of hydrogen-bond acceptors (Lipinski definition) is 5. The van der Waals surface area contributed by atoms with E-state index in [1.807, 2.05) is 36.4 Å². The zero-order chi connectivity index (χ0) is 22.2. The van der Waals surface area contributed by atoms with Crippen LogP contribution in [0.2, 0.25) is 0 Å². The first-order chi connectivity index (χ1) is 15.7. The molecule has 1 aromatic heterocycles. The van der Waals surface area contributed by atoms with Crippen LogP contribution in [0.3, 0.4) is 0 Å². The summed E-state index contributed by atoms with van der Waals surface area (Å²) in [6.07, 6.45) is 0. The molecule has 0 radical (unpaired) electrons. The smallest absolute Gasteiger partial charge is 0.253 e. The second-order valence-electron chi connectivity index (χ2n) is 7.89. The highest BCUT2D eigenvalue weighted by molar-refractivity contribution is 7.09. The van der Waals surface area contributed by atoms with E-state index in [1.165, 1.54) is 4.88 Å². The maximum Gasteiger partial charge on any atom is 0.253 e. The Morgan fingerprint density at radius 1 is 0.844 bits per heavy atom. The summed E-state index contributed by atoms with van der Waals surface area (Å²) in [4.78, 5) is 31.3. The molecule has 1 saturated heterocycles. The van der Waals surface area contributed by atoms with Crippen molar-refractivity contribution in [1.29, 1.82) is 0 Å². The molecular formula is C25H28N4O2S. The van der Waals surface area contributed by atoms with E-state index in [2.05, 4.69) is 37.9 Å². The van der Waals surface area contributed by atoms with Crippen molar-refractivity contribution in [3.63, 3.8) is 0 Å². The molecule has 0 saturated carbocycles. The lowest BCUT2D eigenvalue weighted by Crippen LogP contribution is -2.48. The van der Waals surface area contributed by atoms with Gasteiger partial charge in [-0.3, -0.25) is 19.4 Å². The van der Waals surface area contributed by atoms with Crippen LogP contribution in [0.15, 0.2) is 72.1 Å². The molecule has 0 bridgehead atoms. The summed E-state index contributed by atoms with van der Waals surface area (Å²) in [6.45, 7) is 5.36. The molecule has 2 amide bonds. The lowest BCUT2D eigenvalue weighted by molar-refractivity contribution is -0.117. The van der Waals surface area contributed by atoms with E-state index < -0.39 is 0 Å². The Morgan fingerprint density at radius 2 is 1.56 bits per heavy atom. The number of para-hydroxylation sites is 1. The molecule has 2 aromatic carbocycles. The second-order valence-corrected chi connectivity index (χ2v) is 8.93. The van der Waals surface area contributed by atoms with Crippen LogP contribution in [0, 0.1) is 0 Å². The van der Waals surface area contributed by atoms with Gasteiger partial charge in [-0.15, -0.1) is 11.3 Å². The number of carbonyl (C=O) groups excluding carboxylic acids is 2. The Balaban J connectivity index is 1.27. The zero-order valence-electron chi connectivity index (χ0n) is 18.0. The molecule has 2 N–H and O–H groups in total. The number of carbonyl (C=O) groups is 2. The largest absolute Gasteiger partial charge is 0.348 e. The van der Waals surface area contributed by atoms with Gasteiger partial charge in [0, 0.05) is 44.1 Å². The minimum absolute atomic E-state index is 0.0972. The van der Waals surface area contributed by atoms with E-state index in [-0.39, 0.29) is 11.8 Å². The average molecular weight is 449 g/mol. The summed E-state index contributed by atoms with van der Waals surface area (Å²) in [5, 5.41) is 7.97. The Kier molecular flexibility index (Phi) is 7.66. The van der Waals surface area contributed by atoms with Crippen LogP contribution in [0.5, 0.6) is 0 Å². The van der Waals surface area contributed by atoms with Gasteiger partial charge < -0.3 is 10.6 Å². The first-order valence-corrected chi connectivity index (χ1v) is 11.7. The minimum atomic E-state index is -0.202. The van der Waals surface area contributed by atoms with Crippen molar-refractivity contribution in [2.45, 2.75) is 13.1 Å². The van der Waals surface area contributed by atoms with Crippen molar-refractivity contribution in [3.05, 3.63) is 88.1 Å². The Labute approximate surface area is 192 Å². The van der Waals surface area contributed by atoms with Crippen molar-refractivity contribution in [3.8, 4) is 0 Å². The van der Waals surface area contributed by atoms with E-state index in [4.69, 9.17) is 0 Å². The molecule has 1 aliphatic rings. The van der Waals surface area contributed by atoms with Crippen LogP contribution >= 0.6 is 11.3 Å². The van der Waals surface area contributed by atoms with Crippen molar-refractivity contribution < 1.29 is 9.59 Å². The zero-order valence-corrected chi connectivity index (χ0v) is 18.8. The molecule has 32 heavy (non-hydrogen) atoms. The minimum Gasteiger partial charge on any atom is -0.348 e. The predicted molar refractivity (Wildman–Crippen MR) is 129 cm³/mol. The van der Waals surface area contributed by atoms with Crippen LogP contribution in [0.4, 0.5) is 5.69 Å². The molecule has 1 aliphatic heterocycles. The topological polar surface area (TPSA) is 64.7 Å². The van der Waals surface area contributed by atoms with Gasteiger partial charge >= 0.3 is 0 Å². The van der Waals surface area contributed by atoms with Crippen LogP contribution in [0.1, 0.15) is 20.8 Å². The van der Waals surface area contributed by atoms with E-state index in [1.54, 1.807) is 29.5 Å². The maximum absolute atomic E-state index is 12.7. The van der Waals surface area contributed by atoms with Crippen LogP contribution < -0.4 is 10.6 Å². The van der Waals surface area contributed by atoms with Gasteiger partial charge in [0.2, 0.25) is 5.91 Å². The molecule has 4 rings (SSSR count). The standard InChI is InChI=1S/C25H28N4O2S/c30-24(19-29-14-12-28(13-15-29)18-21-9-6-16-32-21)27-23-11-5-4-10-22(23)25(31)26-17-20-7-2-1-3-8-20/h1-11,16H,12-15,17-19H2,(H,26,31)(H,27,30). The Bertz CT molecular complexity index is 1020. The van der Waals surface area contributed by atoms with Gasteiger partial charge in [-0.1, -0.05) is 48.5 Å². The van der Waals surface area contributed by atoms with Gasteiger partial charge in [0.25, 0.3) is 5.91 Å². The molecule has 3 aromatic rings. The highest BCUT2D eigenvalue weighted by atomic mass is 32.1. The lowest BCUT2D eigenvalue weighted by atomic mass is 10.1. The SMILES string of the molecule is O=C(CN1CCN(Cc2cccs2)CC1)Nc1ccccc1C(=O)NCc1ccccc1. The monoisotopic (exact) mass is 448 g/mol. The molecule has 0 aliphatic carbocycles. The fraction of sp³-hybridized carbons (Fsp3) is 0.280. The van der Waals surface area contributed by atoms with Gasteiger partial charge in [0.15, 0.2) is 0 Å². The number of piperazine rings is 1. The fourth-order valence-electron chi connectivity index (χ4n) is 3.78. The van der Waals surface area contributed by atoms with Crippen molar-refractivity contribution >= 4 is 28.8 Å². The van der Waals surface area contributed by atoms with Crippen molar-refractivity contribution in [1.82, 2.24) is 15.1 Å². The molecule has 7 heteroatoms. The Morgan fingerprint density at radius 3 is 2.31 bits per heavy atom. The first-order valence-electron chi connectivity index (χ1n) is 10.9. The van der Waals surface area contributed by atoms with E-state index >= 15 is 0 Å². The van der Waals surface area contributed by atoms with E-state index in [9.17, 15) is 9.59 Å². The highest BCUT2D eigenvalue weighted by Crippen LogP contribution is 2.16. The molecular weight excluding hydrogens is 420 g/mol. The summed E-state index contributed by atoms with van der Waals surface area (Å²) in [5.41, 5.74) is 2.04. The molecule has 0 unspecified atom stereocenters. The Hall–Kier alpha value is -3.00. The van der Waals surface area contributed by atoms with Gasteiger partial charge in [-0.05, 0) is 29.1 Å². The number of benzene rings is 2. The van der Waals surface area contributed by atoms with Crippen molar-refractivity contribution in [2.75, 3.05) is 38.0 Å². The fourth-order valence-corrected chi connectivity index (χ4v) is 4.53. The third-order valence-corrected chi connectivity index (χ3v) is 6.39. The lowest BCUT2D eigenvalue weighted by Gasteiger charge is -2.34. The van der Waals surface area contributed by atoms with Crippen LogP contribution in [0.25, 0.3) is 0 Å². The van der Waals surface area contributed by atoms with E-state index in [0.29, 0.717) is 24.3 Å². The first kappa shape index (κ1) is 22.2. The molecule has 0 atom stereocenters. The van der Waals surface area contributed by atoms with Crippen LogP contribution in [-0.2, 0) is 17.9 Å². The normalized spacial score (nSPS) is 14.8. The summed E-state index contributed by atoms with van der Waals surface area (Å²) in [6, 6.07) is 21.1. The highest BCUT2D eigenvalue weighted by Gasteiger charge is 2.20. The van der Waals surface area contributed by atoms with E-state index in [0.717, 1.165) is 38.3 Å². The number of anilines is 1. The van der Waals surface area contributed by atoms with Crippen LogP contribution in [-0.4, -0.2) is 54.3 Å². The number of thiophene rings is 1.